The molecule has 2 atom stereocenters. The van der Waals surface area contributed by atoms with Gasteiger partial charge < -0.3 is 10.1 Å². The Labute approximate surface area is 166 Å². The van der Waals surface area contributed by atoms with Crippen molar-refractivity contribution in [3.63, 3.8) is 0 Å². The fourth-order valence-corrected chi connectivity index (χ4v) is 4.36. The van der Waals surface area contributed by atoms with Crippen LogP contribution in [0.15, 0.2) is 42.6 Å². The summed E-state index contributed by atoms with van der Waals surface area (Å²) in [5.41, 5.74) is 1.83. The first-order valence-corrected chi connectivity index (χ1v) is 9.64. The standard InChI is InChI=1S/C20H21ClF3N3O/c21-19-14(4-2-6-26-19)10-27-11-17-16(18(17)12-27)9-25-8-13-3-1-5-15(7-13)28-20(22,23)24/h1-7,16-18,25H,8-12H2. The minimum Gasteiger partial charge on any atom is -0.406 e. The summed E-state index contributed by atoms with van der Waals surface area (Å²) in [5, 5.41) is 3.94. The van der Waals surface area contributed by atoms with E-state index in [1.54, 1.807) is 18.3 Å². The number of benzene rings is 1. The minimum atomic E-state index is -4.66. The lowest BCUT2D eigenvalue weighted by Crippen LogP contribution is -2.27. The van der Waals surface area contributed by atoms with Gasteiger partial charge in [-0.25, -0.2) is 4.98 Å². The van der Waals surface area contributed by atoms with Crippen LogP contribution in [0.5, 0.6) is 5.75 Å². The first kappa shape index (κ1) is 19.5. The van der Waals surface area contributed by atoms with E-state index in [0.717, 1.165) is 37.3 Å². The molecule has 1 N–H and O–H groups in total. The van der Waals surface area contributed by atoms with Gasteiger partial charge in [0, 0.05) is 37.9 Å². The maximum absolute atomic E-state index is 12.3. The predicted octanol–water partition coefficient (Wildman–Crippen LogP) is 4.10. The normalized spacial score (nSPS) is 24.2. The highest BCUT2D eigenvalue weighted by molar-refractivity contribution is 6.30. The molecule has 0 radical (unpaired) electrons. The van der Waals surface area contributed by atoms with E-state index in [0.29, 0.717) is 29.5 Å². The number of nitrogens with one attached hydrogen (secondary N) is 1. The fraction of sp³-hybridized carbons (Fsp3) is 0.450. The van der Waals surface area contributed by atoms with E-state index >= 15 is 0 Å². The molecule has 150 valence electrons. The molecule has 1 saturated heterocycles. The number of likely N-dealkylation sites (tertiary alicyclic amines) is 1. The van der Waals surface area contributed by atoms with Crippen molar-refractivity contribution in [1.29, 1.82) is 0 Å². The van der Waals surface area contributed by atoms with Gasteiger partial charge in [-0.15, -0.1) is 13.2 Å². The van der Waals surface area contributed by atoms with E-state index in [1.807, 2.05) is 12.1 Å². The molecular weight excluding hydrogens is 391 g/mol. The van der Waals surface area contributed by atoms with Crippen molar-refractivity contribution in [2.24, 2.45) is 17.8 Å². The smallest absolute Gasteiger partial charge is 0.406 e. The molecule has 2 unspecified atom stereocenters. The van der Waals surface area contributed by atoms with Crippen molar-refractivity contribution >= 4 is 11.6 Å². The van der Waals surface area contributed by atoms with E-state index in [9.17, 15) is 13.2 Å². The summed E-state index contributed by atoms with van der Waals surface area (Å²) in [6.07, 6.45) is -2.97. The summed E-state index contributed by atoms with van der Waals surface area (Å²) in [7, 11) is 0. The highest BCUT2D eigenvalue weighted by Gasteiger charge is 2.54. The van der Waals surface area contributed by atoms with Crippen molar-refractivity contribution in [1.82, 2.24) is 15.2 Å². The Balaban J connectivity index is 1.20. The third-order valence-corrected chi connectivity index (χ3v) is 5.86. The number of pyridine rings is 1. The number of halogens is 4. The molecule has 2 heterocycles. The molecule has 2 fully saturated rings. The third-order valence-electron chi connectivity index (χ3n) is 5.52. The maximum atomic E-state index is 12.3. The minimum absolute atomic E-state index is 0.181. The topological polar surface area (TPSA) is 37.4 Å². The monoisotopic (exact) mass is 411 g/mol. The molecule has 2 aliphatic rings. The number of hydrogen-bond donors (Lipinski definition) is 1. The summed E-state index contributed by atoms with van der Waals surface area (Å²) in [4.78, 5) is 6.53. The highest BCUT2D eigenvalue weighted by atomic mass is 35.5. The Morgan fingerprint density at radius 1 is 1.18 bits per heavy atom. The molecule has 28 heavy (non-hydrogen) atoms. The van der Waals surface area contributed by atoms with Crippen LogP contribution in [0.3, 0.4) is 0 Å². The van der Waals surface area contributed by atoms with Crippen LogP contribution in [0.4, 0.5) is 13.2 Å². The van der Waals surface area contributed by atoms with E-state index < -0.39 is 6.36 Å². The lowest BCUT2D eigenvalue weighted by molar-refractivity contribution is -0.274. The quantitative estimate of drug-likeness (QED) is 0.696. The van der Waals surface area contributed by atoms with E-state index in [1.165, 1.54) is 12.1 Å². The summed E-state index contributed by atoms with van der Waals surface area (Å²) in [6.45, 7) is 4.33. The summed E-state index contributed by atoms with van der Waals surface area (Å²) in [5.74, 6) is 1.82. The Kier molecular flexibility index (Phi) is 5.49. The second kappa shape index (κ2) is 7.89. The highest BCUT2D eigenvalue weighted by Crippen LogP contribution is 2.51. The molecule has 8 heteroatoms. The molecular formula is C20H21ClF3N3O. The summed E-state index contributed by atoms with van der Waals surface area (Å²) in [6, 6.07) is 10.0. The van der Waals surface area contributed by atoms with Gasteiger partial charge in [0.05, 0.1) is 0 Å². The predicted molar refractivity (Wildman–Crippen MR) is 99.8 cm³/mol. The van der Waals surface area contributed by atoms with Crippen LogP contribution in [0.25, 0.3) is 0 Å². The number of ether oxygens (including phenoxy) is 1. The second-order valence-electron chi connectivity index (χ2n) is 7.47. The molecule has 1 aliphatic carbocycles. The molecule has 4 rings (SSSR count). The van der Waals surface area contributed by atoms with E-state index in [2.05, 4.69) is 19.9 Å². The van der Waals surface area contributed by atoms with Crippen LogP contribution in [0.1, 0.15) is 11.1 Å². The van der Waals surface area contributed by atoms with E-state index in [4.69, 9.17) is 11.6 Å². The summed E-state index contributed by atoms with van der Waals surface area (Å²) < 4.78 is 40.9. The number of nitrogens with zero attached hydrogens (tertiary/aromatic N) is 2. The number of hydrogen-bond acceptors (Lipinski definition) is 4. The Morgan fingerprint density at radius 3 is 2.68 bits per heavy atom. The molecule has 0 bridgehead atoms. The number of alkyl halides is 3. The Morgan fingerprint density at radius 2 is 1.96 bits per heavy atom. The Bertz CT molecular complexity index is 820. The van der Waals surface area contributed by atoms with Gasteiger partial charge >= 0.3 is 6.36 Å². The molecule has 0 spiro atoms. The average Bonchev–Trinajstić information content (AvgIpc) is 3.07. The van der Waals surface area contributed by atoms with Crippen LogP contribution in [0, 0.1) is 17.8 Å². The van der Waals surface area contributed by atoms with Crippen molar-refractivity contribution in [2.45, 2.75) is 19.5 Å². The number of rotatable bonds is 7. The van der Waals surface area contributed by atoms with Gasteiger partial charge in [-0.3, -0.25) is 4.90 Å². The van der Waals surface area contributed by atoms with Gasteiger partial charge in [0.1, 0.15) is 10.9 Å². The van der Waals surface area contributed by atoms with E-state index in [-0.39, 0.29) is 5.75 Å². The number of aromatic nitrogens is 1. The molecule has 1 aliphatic heterocycles. The first-order chi connectivity index (χ1) is 13.4. The molecule has 4 nitrogen and oxygen atoms in total. The van der Waals surface area contributed by atoms with Crippen LogP contribution < -0.4 is 10.1 Å². The van der Waals surface area contributed by atoms with Crippen molar-refractivity contribution in [3.8, 4) is 5.75 Å². The maximum Gasteiger partial charge on any atom is 0.573 e. The zero-order chi connectivity index (χ0) is 19.7. The van der Waals surface area contributed by atoms with Crippen LogP contribution in [-0.4, -0.2) is 35.9 Å². The second-order valence-corrected chi connectivity index (χ2v) is 7.82. The van der Waals surface area contributed by atoms with Gasteiger partial charge in [0.2, 0.25) is 0 Å². The number of piperidine rings is 1. The Hall–Kier alpha value is -1.83. The first-order valence-electron chi connectivity index (χ1n) is 9.26. The molecule has 2 aromatic rings. The third kappa shape index (κ3) is 4.77. The molecule has 1 aromatic heterocycles. The largest absolute Gasteiger partial charge is 0.573 e. The van der Waals surface area contributed by atoms with Gasteiger partial charge in [0.15, 0.2) is 0 Å². The number of fused-ring (bicyclic) bond motifs is 1. The van der Waals surface area contributed by atoms with Crippen molar-refractivity contribution < 1.29 is 17.9 Å². The summed E-state index contributed by atoms with van der Waals surface area (Å²) >= 11 is 6.13. The van der Waals surface area contributed by atoms with Crippen LogP contribution >= 0.6 is 11.6 Å². The van der Waals surface area contributed by atoms with Crippen molar-refractivity contribution in [3.05, 3.63) is 58.9 Å². The van der Waals surface area contributed by atoms with Gasteiger partial charge in [-0.1, -0.05) is 29.8 Å². The van der Waals surface area contributed by atoms with Gasteiger partial charge in [-0.2, -0.15) is 0 Å². The lowest BCUT2D eigenvalue weighted by Gasteiger charge is -2.20. The molecule has 1 saturated carbocycles. The lowest BCUT2D eigenvalue weighted by atomic mass is 10.2. The zero-order valence-electron chi connectivity index (χ0n) is 15.1. The van der Waals surface area contributed by atoms with Crippen molar-refractivity contribution in [2.75, 3.05) is 19.6 Å². The molecule has 1 aromatic carbocycles. The van der Waals surface area contributed by atoms with Crippen LogP contribution in [-0.2, 0) is 13.1 Å². The fourth-order valence-electron chi connectivity index (χ4n) is 4.18. The average molecular weight is 412 g/mol. The zero-order valence-corrected chi connectivity index (χ0v) is 15.9. The SMILES string of the molecule is FC(F)(F)Oc1cccc(CNCC2C3CN(Cc4cccnc4Cl)CC23)c1. The molecule has 0 amide bonds. The van der Waals surface area contributed by atoms with Gasteiger partial charge in [-0.05, 0) is 48.1 Å². The van der Waals surface area contributed by atoms with Crippen LogP contribution in [0.2, 0.25) is 5.15 Å². The van der Waals surface area contributed by atoms with Gasteiger partial charge in [0.25, 0.3) is 0 Å².